The van der Waals surface area contributed by atoms with Gasteiger partial charge in [0.1, 0.15) is 5.54 Å². The predicted octanol–water partition coefficient (Wildman–Crippen LogP) is 2.19. The normalized spacial score (nSPS) is 16.9. The van der Waals surface area contributed by atoms with Crippen molar-refractivity contribution in [1.29, 1.82) is 0 Å². The molecule has 0 aliphatic carbocycles. The molecule has 0 rings (SSSR count). The Hall–Kier alpha value is -0.820. The number of rotatable bonds is 8. The van der Waals surface area contributed by atoms with Crippen molar-refractivity contribution in [2.45, 2.75) is 51.4 Å². The standard InChI is InChI=1S/C13H25F3N2O2/c1-6-17-12(3,11(19)20-5)9-10(2)18(4)8-7-13(14,15)16/h10,17H,6-9H2,1-5H3. The second-order valence-electron chi connectivity index (χ2n) is 5.25. The van der Waals surface area contributed by atoms with Crippen LogP contribution in [0.3, 0.4) is 0 Å². The first kappa shape index (κ1) is 19.2. The molecule has 0 amide bonds. The molecule has 120 valence electrons. The Bertz CT molecular complexity index is 310. The van der Waals surface area contributed by atoms with Crippen LogP contribution in [0.4, 0.5) is 13.2 Å². The first-order chi connectivity index (χ1) is 9.05. The summed E-state index contributed by atoms with van der Waals surface area (Å²) in [5, 5.41) is 3.04. The summed E-state index contributed by atoms with van der Waals surface area (Å²) in [4.78, 5) is 13.4. The summed E-state index contributed by atoms with van der Waals surface area (Å²) in [6.07, 6.45) is -4.65. The lowest BCUT2D eigenvalue weighted by Crippen LogP contribution is -2.53. The number of hydrogen-bond donors (Lipinski definition) is 1. The Kier molecular flexibility index (Phi) is 7.51. The SMILES string of the molecule is CCNC(C)(CC(C)N(C)CCC(F)(F)F)C(=O)OC. The Morgan fingerprint density at radius 1 is 1.40 bits per heavy atom. The van der Waals surface area contributed by atoms with Crippen molar-refractivity contribution < 1.29 is 22.7 Å². The maximum Gasteiger partial charge on any atom is 0.390 e. The summed E-state index contributed by atoms with van der Waals surface area (Å²) in [6, 6.07) is -0.180. The van der Waals surface area contributed by atoms with Gasteiger partial charge in [-0.1, -0.05) is 6.92 Å². The highest BCUT2D eigenvalue weighted by Crippen LogP contribution is 2.22. The Morgan fingerprint density at radius 2 is 1.95 bits per heavy atom. The maximum absolute atomic E-state index is 12.2. The van der Waals surface area contributed by atoms with Crippen LogP contribution in [-0.4, -0.2) is 55.9 Å². The molecule has 2 unspecified atom stereocenters. The van der Waals surface area contributed by atoms with Crippen LogP contribution in [0.5, 0.6) is 0 Å². The second kappa shape index (κ2) is 7.83. The van der Waals surface area contributed by atoms with Gasteiger partial charge in [-0.05, 0) is 33.9 Å². The largest absolute Gasteiger partial charge is 0.468 e. The molecular weight excluding hydrogens is 273 g/mol. The van der Waals surface area contributed by atoms with Crippen LogP contribution in [0.2, 0.25) is 0 Å². The summed E-state index contributed by atoms with van der Waals surface area (Å²) in [5.74, 6) is -0.407. The van der Waals surface area contributed by atoms with Crippen LogP contribution in [0.25, 0.3) is 0 Å². The van der Waals surface area contributed by atoms with Crippen molar-refractivity contribution in [2.24, 2.45) is 0 Å². The van der Waals surface area contributed by atoms with E-state index < -0.39 is 24.1 Å². The van der Waals surface area contributed by atoms with E-state index >= 15 is 0 Å². The lowest BCUT2D eigenvalue weighted by molar-refractivity contribution is -0.149. The molecule has 7 heteroatoms. The highest BCUT2D eigenvalue weighted by Gasteiger charge is 2.36. The fraction of sp³-hybridized carbons (Fsp3) is 0.923. The summed E-state index contributed by atoms with van der Waals surface area (Å²) in [7, 11) is 2.93. The fourth-order valence-corrected chi connectivity index (χ4v) is 2.11. The molecule has 2 atom stereocenters. The van der Waals surface area contributed by atoms with E-state index in [1.165, 1.54) is 7.11 Å². The van der Waals surface area contributed by atoms with E-state index in [-0.39, 0.29) is 12.6 Å². The maximum atomic E-state index is 12.2. The highest BCUT2D eigenvalue weighted by atomic mass is 19.4. The lowest BCUT2D eigenvalue weighted by atomic mass is 9.93. The molecule has 0 radical (unpaired) electrons. The molecule has 1 N–H and O–H groups in total. The van der Waals surface area contributed by atoms with Crippen LogP contribution in [0.1, 0.15) is 33.6 Å². The number of carbonyl (C=O) groups excluding carboxylic acids is 1. The average Bonchev–Trinajstić information content (AvgIpc) is 2.33. The molecule has 0 spiro atoms. The number of methoxy groups -OCH3 is 1. The molecule has 0 fully saturated rings. The number of likely N-dealkylation sites (N-methyl/N-ethyl adjacent to an activating group) is 1. The predicted molar refractivity (Wildman–Crippen MR) is 71.5 cm³/mol. The van der Waals surface area contributed by atoms with Gasteiger partial charge in [-0.3, -0.25) is 4.79 Å². The van der Waals surface area contributed by atoms with Gasteiger partial charge in [0, 0.05) is 12.6 Å². The number of halogens is 3. The zero-order chi connectivity index (χ0) is 16.0. The Labute approximate surface area is 118 Å². The minimum absolute atomic E-state index is 0.0892. The minimum atomic E-state index is -4.17. The highest BCUT2D eigenvalue weighted by molar-refractivity contribution is 5.80. The average molecular weight is 298 g/mol. The molecule has 0 aromatic heterocycles. The van der Waals surface area contributed by atoms with Gasteiger partial charge in [0.25, 0.3) is 0 Å². The van der Waals surface area contributed by atoms with E-state index in [4.69, 9.17) is 4.74 Å². The van der Waals surface area contributed by atoms with Crippen molar-refractivity contribution in [3.8, 4) is 0 Å². The van der Waals surface area contributed by atoms with E-state index in [0.717, 1.165) is 0 Å². The summed E-state index contributed by atoms with van der Waals surface area (Å²) >= 11 is 0. The van der Waals surface area contributed by atoms with Crippen molar-refractivity contribution >= 4 is 5.97 Å². The smallest absolute Gasteiger partial charge is 0.390 e. The summed E-state index contributed by atoms with van der Waals surface area (Å²) in [6.45, 7) is 5.85. The quantitative estimate of drug-likeness (QED) is 0.698. The zero-order valence-electron chi connectivity index (χ0n) is 12.8. The first-order valence-electron chi connectivity index (χ1n) is 6.66. The molecule has 0 aliphatic rings. The number of nitrogens with zero attached hydrogens (tertiary/aromatic N) is 1. The van der Waals surface area contributed by atoms with Crippen LogP contribution in [-0.2, 0) is 9.53 Å². The van der Waals surface area contributed by atoms with Crippen molar-refractivity contribution in [2.75, 3.05) is 27.2 Å². The van der Waals surface area contributed by atoms with Crippen LogP contribution >= 0.6 is 0 Å². The van der Waals surface area contributed by atoms with Gasteiger partial charge in [0.15, 0.2) is 0 Å². The monoisotopic (exact) mass is 298 g/mol. The van der Waals surface area contributed by atoms with E-state index in [1.54, 1.807) is 25.8 Å². The van der Waals surface area contributed by atoms with E-state index in [0.29, 0.717) is 13.0 Å². The van der Waals surface area contributed by atoms with Gasteiger partial charge in [-0.15, -0.1) is 0 Å². The molecule has 20 heavy (non-hydrogen) atoms. The number of alkyl halides is 3. The third kappa shape index (κ3) is 6.56. The molecule has 0 aromatic rings. The lowest BCUT2D eigenvalue weighted by Gasteiger charge is -2.34. The van der Waals surface area contributed by atoms with Gasteiger partial charge in [-0.25, -0.2) is 0 Å². The number of nitrogens with one attached hydrogen (secondary N) is 1. The van der Waals surface area contributed by atoms with Gasteiger partial charge in [-0.2, -0.15) is 13.2 Å². The third-order valence-electron chi connectivity index (χ3n) is 3.41. The van der Waals surface area contributed by atoms with Crippen LogP contribution in [0.15, 0.2) is 0 Å². The molecular formula is C13H25F3N2O2. The fourth-order valence-electron chi connectivity index (χ4n) is 2.11. The van der Waals surface area contributed by atoms with Gasteiger partial charge < -0.3 is 15.0 Å². The van der Waals surface area contributed by atoms with E-state index in [9.17, 15) is 18.0 Å². The summed E-state index contributed by atoms with van der Waals surface area (Å²) < 4.78 is 41.4. The molecule has 0 bridgehead atoms. The zero-order valence-corrected chi connectivity index (χ0v) is 12.8. The Morgan fingerprint density at radius 3 is 2.35 bits per heavy atom. The molecule has 0 aromatic carbocycles. The van der Waals surface area contributed by atoms with E-state index in [1.807, 2.05) is 6.92 Å². The topological polar surface area (TPSA) is 41.6 Å². The van der Waals surface area contributed by atoms with Gasteiger partial charge >= 0.3 is 12.1 Å². The third-order valence-corrected chi connectivity index (χ3v) is 3.41. The second-order valence-corrected chi connectivity index (χ2v) is 5.25. The number of esters is 1. The molecule has 0 aliphatic heterocycles. The van der Waals surface area contributed by atoms with Crippen LogP contribution < -0.4 is 5.32 Å². The number of ether oxygens (including phenoxy) is 1. The number of hydrogen-bond acceptors (Lipinski definition) is 4. The van der Waals surface area contributed by atoms with E-state index in [2.05, 4.69) is 5.32 Å². The summed E-state index contributed by atoms with van der Waals surface area (Å²) in [5.41, 5.74) is -0.893. The van der Waals surface area contributed by atoms with Crippen molar-refractivity contribution in [3.63, 3.8) is 0 Å². The number of carbonyl (C=O) groups is 1. The minimum Gasteiger partial charge on any atom is -0.468 e. The molecule has 0 heterocycles. The molecule has 0 saturated carbocycles. The first-order valence-corrected chi connectivity index (χ1v) is 6.66. The molecule has 0 saturated heterocycles. The Balaban J connectivity index is 4.59. The van der Waals surface area contributed by atoms with Crippen LogP contribution in [0, 0.1) is 0 Å². The molecule has 4 nitrogen and oxygen atoms in total. The van der Waals surface area contributed by atoms with Crippen molar-refractivity contribution in [3.05, 3.63) is 0 Å². The van der Waals surface area contributed by atoms with Gasteiger partial charge in [0.2, 0.25) is 0 Å². The van der Waals surface area contributed by atoms with Crippen molar-refractivity contribution in [1.82, 2.24) is 10.2 Å². The van der Waals surface area contributed by atoms with Gasteiger partial charge in [0.05, 0.1) is 13.5 Å².